The van der Waals surface area contributed by atoms with Gasteiger partial charge in [-0.05, 0) is 19.1 Å². The summed E-state index contributed by atoms with van der Waals surface area (Å²) < 4.78 is 0.964. The molecular weight excluding hydrogens is 294 g/mol. The van der Waals surface area contributed by atoms with Gasteiger partial charge >= 0.3 is 0 Å². The normalized spacial score (nSPS) is 12.4. The molecule has 0 fully saturated rings. The topological polar surface area (TPSA) is 72.0 Å². The first-order chi connectivity index (χ1) is 8.61. The molecule has 3 N–H and O–H groups in total. The number of benzene rings is 1. The molecule has 18 heavy (non-hydrogen) atoms. The summed E-state index contributed by atoms with van der Waals surface area (Å²) in [6.45, 7) is 1.72. The van der Waals surface area contributed by atoms with E-state index in [1.54, 1.807) is 0 Å². The first-order valence-electron chi connectivity index (χ1n) is 5.58. The highest BCUT2D eigenvalue weighted by Crippen LogP contribution is 2.27. The fourth-order valence-electron chi connectivity index (χ4n) is 1.65. The summed E-state index contributed by atoms with van der Waals surface area (Å²) in [4.78, 5) is 8.66. The Labute approximate surface area is 114 Å². The number of halogens is 1. The summed E-state index contributed by atoms with van der Waals surface area (Å²) in [5.74, 6) is 0.461. The van der Waals surface area contributed by atoms with Gasteiger partial charge in [0.2, 0.25) is 0 Å². The number of rotatable bonds is 3. The van der Waals surface area contributed by atoms with Crippen LogP contribution in [0.2, 0.25) is 0 Å². The van der Waals surface area contributed by atoms with Crippen LogP contribution >= 0.6 is 15.9 Å². The molecule has 1 aromatic heterocycles. The second-order valence-electron chi connectivity index (χ2n) is 4.02. The molecule has 1 aromatic carbocycles. The number of hydrogen-bond acceptors (Lipinski definition) is 4. The van der Waals surface area contributed by atoms with E-state index in [0.717, 1.165) is 21.4 Å². The second kappa shape index (κ2) is 5.56. The van der Waals surface area contributed by atoms with Crippen LogP contribution < -0.4 is 5.73 Å². The maximum Gasteiger partial charge on any atom is 0.148 e. The van der Waals surface area contributed by atoms with Crippen molar-refractivity contribution in [1.29, 1.82) is 0 Å². The zero-order valence-corrected chi connectivity index (χ0v) is 11.6. The summed E-state index contributed by atoms with van der Waals surface area (Å²) in [6.07, 6.45) is 0. The van der Waals surface area contributed by atoms with E-state index in [4.69, 9.17) is 10.8 Å². The zero-order valence-electron chi connectivity index (χ0n) is 9.97. The van der Waals surface area contributed by atoms with Crippen LogP contribution in [0.25, 0.3) is 11.3 Å². The van der Waals surface area contributed by atoms with Gasteiger partial charge in [0.05, 0.1) is 18.3 Å². The lowest BCUT2D eigenvalue weighted by atomic mass is 10.1. The van der Waals surface area contributed by atoms with E-state index in [1.165, 1.54) is 0 Å². The quantitative estimate of drug-likeness (QED) is 0.912. The third kappa shape index (κ3) is 2.75. The molecule has 0 aliphatic heterocycles. The predicted molar refractivity (Wildman–Crippen MR) is 73.9 cm³/mol. The molecule has 0 bridgehead atoms. The molecule has 94 valence electrons. The van der Waals surface area contributed by atoms with Crippen LogP contribution in [0.4, 0.5) is 0 Å². The van der Waals surface area contributed by atoms with Gasteiger partial charge in [-0.15, -0.1) is 0 Å². The van der Waals surface area contributed by atoms with Gasteiger partial charge in [0.25, 0.3) is 0 Å². The van der Waals surface area contributed by atoms with Gasteiger partial charge in [-0.25, -0.2) is 9.97 Å². The molecular formula is C13H14BrN3O. The van der Waals surface area contributed by atoms with Crippen molar-refractivity contribution in [3.8, 4) is 11.3 Å². The molecule has 0 saturated carbocycles. The standard InChI is InChI=1S/C13H14BrN3O/c1-8-6-12(9-4-2-3-5-10(9)14)17-13(16-8)11(15)7-18/h2-6,11,18H,7,15H2,1H3. The minimum absolute atomic E-state index is 0.168. The first-order valence-corrected chi connectivity index (χ1v) is 6.38. The van der Waals surface area contributed by atoms with E-state index >= 15 is 0 Å². The molecule has 0 saturated heterocycles. The Kier molecular flexibility index (Phi) is 4.06. The van der Waals surface area contributed by atoms with Crippen LogP contribution in [0.1, 0.15) is 17.6 Å². The lowest BCUT2D eigenvalue weighted by Crippen LogP contribution is -2.18. The van der Waals surface area contributed by atoms with Gasteiger partial charge in [0.1, 0.15) is 5.82 Å². The van der Waals surface area contributed by atoms with Gasteiger partial charge in [0.15, 0.2) is 0 Å². The van der Waals surface area contributed by atoms with Crippen LogP contribution in [0.5, 0.6) is 0 Å². The Morgan fingerprint density at radius 2 is 2.06 bits per heavy atom. The third-order valence-electron chi connectivity index (χ3n) is 2.55. The van der Waals surface area contributed by atoms with Crippen LogP contribution in [0.3, 0.4) is 0 Å². The first kappa shape index (κ1) is 13.1. The fourth-order valence-corrected chi connectivity index (χ4v) is 2.13. The molecule has 5 heteroatoms. The van der Waals surface area contributed by atoms with Crippen molar-refractivity contribution in [2.45, 2.75) is 13.0 Å². The number of aromatic nitrogens is 2. The van der Waals surface area contributed by atoms with Crippen LogP contribution in [-0.2, 0) is 0 Å². The van der Waals surface area contributed by atoms with Crippen molar-refractivity contribution in [3.63, 3.8) is 0 Å². The van der Waals surface area contributed by atoms with Crippen molar-refractivity contribution in [3.05, 3.63) is 46.3 Å². The SMILES string of the molecule is Cc1cc(-c2ccccc2Br)nc(C(N)CO)n1. The van der Waals surface area contributed by atoms with E-state index in [1.807, 2.05) is 37.3 Å². The highest BCUT2D eigenvalue weighted by molar-refractivity contribution is 9.10. The Morgan fingerprint density at radius 3 is 2.72 bits per heavy atom. The van der Waals surface area contributed by atoms with Gasteiger partial charge in [-0.1, -0.05) is 34.1 Å². The molecule has 4 nitrogen and oxygen atoms in total. The highest BCUT2D eigenvalue weighted by atomic mass is 79.9. The lowest BCUT2D eigenvalue weighted by molar-refractivity contribution is 0.263. The number of aliphatic hydroxyl groups is 1. The molecule has 0 radical (unpaired) electrons. The van der Waals surface area contributed by atoms with Crippen molar-refractivity contribution < 1.29 is 5.11 Å². The summed E-state index contributed by atoms with van der Waals surface area (Å²) in [7, 11) is 0. The van der Waals surface area contributed by atoms with Crippen molar-refractivity contribution in [1.82, 2.24) is 9.97 Å². The Hall–Kier alpha value is -1.30. The molecule has 0 amide bonds. The molecule has 1 unspecified atom stereocenters. The van der Waals surface area contributed by atoms with Crippen molar-refractivity contribution >= 4 is 15.9 Å². The molecule has 2 rings (SSSR count). The average Bonchev–Trinajstić information content (AvgIpc) is 2.37. The number of nitrogens with two attached hydrogens (primary N) is 1. The van der Waals surface area contributed by atoms with E-state index in [9.17, 15) is 0 Å². The predicted octanol–water partition coefficient (Wildman–Crippen LogP) is 2.21. The van der Waals surface area contributed by atoms with Crippen LogP contribution in [0, 0.1) is 6.92 Å². The minimum atomic E-state index is -0.550. The summed E-state index contributed by atoms with van der Waals surface area (Å²) in [6, 6.07) is 9.17. The van der Waals surface area contributed by atoms with Crippen LogP contribution in [-0.4, -0.2) is 21.7 Å². The number of aliphatic hydroxyl groups excluding tert-OH is 1. The summed E-state index contributed by atoms with van der Waals surface area (Å²) >= 11 is 3.50. The van der Waals surface area contributed by atoms with E-state index in [0.29, 0.717) is 5.82 Å². The average molecular weight is 308 g/mol. The largest absolute Gasteiger partial charge is 0.394 e. The molecule has 2 aromatic rings. The molecule has 0 aliphatic rings. The maximum atomic E-state index is 9.08. The van der Waals surface area contributed by atoms with Crippen molar-refractivity contribution in [2.24, 2.45) is 5.73 Å². The fraction of sp³-hybridized carbons (Fsp3) is 0.231. The van der Waals surface area contributed by atoms with Crippen LogP contribution in [0.15, 0.2) is 34.8 Å². The Bertz CT molecular complexity index is 560. The summed E-state index contributed by atoms with van der Waals surface area (Å²) in [5.41, 5.74) is 8.37. The van der Waals surface area contributed by atoms with E-state index in [2.05, 4.69) is 25.9 Å². The van der Waals surface area contributed by atoms with Gasteiger partial charge in [-0.3, -0.25) is 0 Å². The van der Waals surface area contributed by atoms with E-state index in [-0.39, 0.29) is 6.61 Å². The monoisotopic (exact) mass is 307 g/mol. The van der Waals surface area contributed by atoms with Gasteiger partial charge in [0, 0.05) is 15.7 Å². The molecule has 1 atom stereocenters. The van der Waals surface area contributed by atoms with E-state index < -0.39 is 6.04 Å². The Morgan fingerprint density at radius 1 is 1.33 bits per heavy atom. The Balaban J connectivity index is 2.52. The zero-order chi connectivity index (χ0) is 13.1. The molecule has 0 spiro atoms. The molecule has 0 aliphatic carbocycles. The smallest absolute Gasteiger partial charge is 0.148 e. The number of nitrogens with zero attached hydrogens (tertiary/aromatic N) is 2. The lowest BCUT2D eigenvalue weighted by Gasteiger charge is -2.11. The summed E-state index contributed by atoms with van der Waals surface area (Å²) in [5, 5.41) is 9.08. The maximum absolute atomic E-state index is 9.08. The number of aryl methyl sites for hydroxylation is 1. The van der Waals surface area contributed by atoms with Gasteiger partial charge < -0.3 is 10.8 Å². The second-order valence-corrected chi connectivity index (χ2v) is 4.88. The third-order valence-corrected chi connectivity index (χ3v) is 3.24. The minimum Gasteiger partial charge on any atom is -0.394 e. The van der Waals surface area contributed by atoms with Gasteiger partial charge in [-0.2, -0.15) is 0 Å². The molecule has 1 heterocycles. The number of hydrogen-bond donors (Lipinski definition) is 2. The highest BCUT2D eigenvalue weighted by Gasteiger charge is 2.12. The van der Waals surface area contributed by atoms with Crippen molar-refractivity contribution in [2.75, 3.05) is 6.61 Å².